The van der Waals surface area contributed by atoms with Crippen LogP contribution in [0.25, 0.3) is 16.9 Å². The summed E-state index contributed by atoms with van der Waals surface area (Å²) in [5.41, 5.74) is 4.09. The van der Waals surface area contributed by atoms with E-state index in [-0.39, 0.29) is 5.91 Å². The number of carbonyl (C=O) groups excluding carboxylic acids is 1. The lowest BCUT2D eigenvalue weighted by molar-refractivity contribution is 0.0704. The number of fused-ring (bicyclic) bond motifs is 1. The highest BCUT2D eigenvalue weighted by Gasteiger charge is 2.20. The van der Waals surface area contributed by atoms with Crippen LogP contribution in [-0.4, -0.2) is 55.4 Å². The van der Waals surface area contributed by atoms with E-state index in [1.54, 1.807) is 29.0 Å². The zero-order chi connectivity index (χ0) is 21.2. The molecule has 1 aliphatic rings. The van der Waals surface area contributed by atoms with Crippen molar-refractivity contribution in [2.45, 2.75) is 25.4 Å². The first-order valence-electron chi connectivity index (χ1n) is 10.4. The molecule has 31 heavy (non-hydrogen) atoms. The minimum atomic E-state index is -0.0838. The first kappa shape index (κ1) is 19.4. The molecule has 1 aromatic carbocycles. The summed E-state index contributed by atoms with van der Waals surface area (Å²) in [4.78, 5) is 23.8. The Hall–Kier alpha value is -3.52. The summed E-state index contributed by atoms with van der Waals surface area (Å²) in [6.45, 7) is 2.00. The van der Waals surface area contributed by atoms with Gasteiger partial charge in [0.15, 0.2) is 5.65 Å². The van der Waals surface area contributed by atoms with Crippen LogP contribution in [-0.2, 0) is 11.3 Å². The van der Waals surface area contributed by atoms with Crippen LogP contribution in [0.4, 0.5) is 0 Å². The molecular formula is C23H24N6O2. The Morgan fingerprint density at radius 3 is 2.87 bits per heavy atom. The third-order valence-corrected chi connectivity index (χ3v) is 5.69. The molecule has 1 saturated heterocycles. The van der Waals surface area contributed by atoms with Gasteiger partial charge in [0.05, 0.1) is 17.6 Å². The molecule has 0 radical (unpaired) electrons. The van der Waals surface area contributed by atoms with E-state index in [1.165, 1.54) is 0 Å². The van der Waals surface area contributed by atoms with Crippen molar-refractivity contribution in [3.05, 3.63) is 72.4 Å². The summed E-state index contributed by atoms with van der Waals surface area (Å²) in [6.07, 6.45) is 9.02. The molecular weight excluding hydrogens is 392 g/mol. The number of amides is 1. The van der Waals surface area contributed by atoms with Gasteiger partial charge in [-0.3, -0.25) is 4.79 Å². The van der Waals surface area contributed by atoms with Gasteiger partial charge in [0, 0.05) is 51.4 Å². The molecule has 4 aromatic rings. The summed E-state index contributed by atoms with van der Waals surface area (Å²) < 4.78 is 9.37. The van der Waals surface area contributed by atoms with E-state index in [4.69, 9.17) is 4.74 Å². The van der Waals surface area contributed by atoms with Crippen LogP contribution in [0.3, 0.4) is 0 Å². The van der Waals surface area contributed by atoms with Gasteiger partial charge in [-0.2, -0.15) is 5.10 Å². The van der Waals surface area contributed by atoms with Gasteiger partial charge in [0.1, 0.15) is 5.52 Å². The van der Waals surface area contributed by atoms with Crippen LogP contribution in [0.1, 0.15) is 34.8 Å². The van der Waals surface area contributed by atoms with E-state index in [2.05, 4.69) is 19.6 Å². The molecule has 8 nitrogen and oxygen atoms in total. The highest BCUT2D eigenvalue weighted by Crippen LogP contribution is 2.25. The standard InChI is InChI=1S/C23H24N6O2/c1-27(15-17-4-2-5-20(12-17)29-9-3-8-26-29)23(30)18-13-21-22(24-14-18)28(16-25-21)19-6-10-31-11-7-19/h2-5,8-9,12-14,16,19H,6-7,10-11,15H2,1H3. The topological polar surface area (TPSA) is 78.1 Å². The van der Waals surface area contributed by atoms with E-state index in [1.807, 2.05) is 48.9 Å². The van der Waals surface area contributed by atoms with Gasteiger partial charge in [-0.05, 0) is 42.7 Å². The van der Waals surface area contributed by atoms with Crippen LogP contribution in [0.2, 0.25) is 0 Å². The lowest BCUT2D eigenvalue weighted by Crippen LogP contribution is -2.26. The maximum Gasteiger partial charge on any atom is 0.255 e. The number of rotatable bonds is 5. The number of imidazole rings is 1. The Kier molecular flexibility index (Phi) is 5.21. The monoisotopic (exact) mass is 416 g/mol. The maximum atomic E-state index is 13.0. The summed E-state index contributed by atoms with van der Waals surface area (Å²) in [5, 5.41) is 4.27. The summed E-state index contributed by atoms with van der Waals surface area (Å²) in [6, 6.07) is 12.1. The van der Waals surface area contributed by atoms with Gasteiger partial charge in [-0.15, -0.1) is 0 Å². The molecule has 0 bridgehead atoms. The number of hydrogen-bond acceptors (Lipinski definition) is 5. The number of pyridine rings is 1. The van der Waals surface area contributed by atoms with E-state index < -0.39 is 0 Å². The summed E-state index contributed by atoms with van der Waals surface area (Å²) in [5.74, 6) is -0.0838. The van der Waals surface area contributed by atoms with E-state index in [0.717, 1.165) is 48.5 Å². The normalized spacial score (nSPS) is 14.7. The molecule has 1 fully saturated rings. The van der Waals surface area contributed by atoms with Gasteiger partial charge in [0.25, 0.3) is 5.91 Å². The SMILES string of the molecule is CN(Cc1cccc(-n2cccn2)c1)C(=O)c1cnc2c(c1)ncn2C1CCOCC1. The molecule has 0 saturated carbocycles. The molecule has 0 N–H and O–H groups in total. The Labute approximate surface area is 180 Å². The quantitative estimate of drug-likeness (QED) is 0.499. The van der Waals surface area contributed by atoms with Crippen LogP contribution < -0.4 is 0 Å². The van der Waals surface area contributed by atoms with Crippen molar-refractivity contribution >= 4 is 17.1 Å². The molecule has 0 unspecified atom stereocenters. The largest absolute Gasteiger partial charge is 0.381 e. The van der Waals surface area contributed by atoms with Gasteiger partial charge in [0.2, 0.25) is 0 Å². The smallest absolute Gasteiger partial charge is 0.255 e. The molecule has 3 aromatic heterocycles. The summed E-state index contributed by atoms with van der Waals surface area (Å²) in [7, 11) is 1.80. The minimum Gasteiger partial charge on any atom is -0.381 e. The van der Waals surface area contributed by atoms with Gasteiger partial charge >= 0.3 is 0 Å². The zero-order valence-electron chi connectivity index (χ0n) is 17.4. The zero-order valence-corrected chi connectivity index (χ0v) is 17.4. The second-order valence-electron chi connectivity index (χ2n) is 7.84. The average molecular weight is 416 g/mol. The van der Waals surface area contributed by atoms with Crippen molar-refractivity contribution in [3.63, 3.8) is 0 Å². The average Bonchev–Trinajstić information content (AvgIpc) is 3.49. The fourth-order valence-electron chi connectivity index (χ4n) is 4.05. The molecule has 4 heterocycles. The van der Waals surface area contributed by atoms with Crippen LogP contribution in [0.15, 0.2) is 61.3 Å². The maximum absolute atomic E-state index is 13.0. The van der Waals surface area contributed by atoms with Gasteiger partial charge < -0.3 is 14.2 Å². The third kappa shape index (κ3) is 3.94. The number of benzene rings is 1. The van der Waals surface area contributed by atoms with Crippen LogP contribution in [0.5, 0.6) is 0 Å². The van der Waals surface area contributed by atoms with Crippen molar-refractivity contribution in [3.8, 4) is 5.69 Å². The van der Waals surface area contributed by atoms with E-state index in [9.17, 15) is 4.79 Å². The Bertz CT molecular complexity index is 1190. The highest BCUT2D eigenvalue weighted by atomic mass is 16.5. The van der Waals surface area contributed by atoms with Crippen LogP contribution in [0, 0.1) is 0 Å². The molecule has 8 heteroatoms. The second kappa shape index (κ2) is 8.31. The number of nitrogens with zero attached hydrogens (tertiary/aromatic N) is 6. The van der Waals surface area contributed by atoms with Gasteiger partial charge in [-0.1, -0.05) is 12.1 Å². The first-order chi connectivity index (χ1) is 15.2. The first-order valence-corrected chi connectivity index (χ1v) is 10.4. The fourth-order valence-corrected chi connectivity index (χ4v) is 4.05. The molecule has 1 aliphatic heterocycles. The van der Waals surface area contributed by atoms with Crippen molar-refractivity contribution < 1.29 is 9.53 Å². The number of hydrogen-bond donors (Lipinski definition) is 0. The number of carbonyl (C=O) groups is 1. The Balaban J connectivity index is 1.33. The van der Waals surface area contributed by atoms with Crippen molar-refractivity contribution in [1.29, 1.82) is 0 Å². The van der Waals surface area contributed by atoms with Gasteiger partial charge in [-0.25, -0.2) is 14.6 Å². The lowest BCUT2D eigenvalue weighted by atomic mass is 10.1. The van der Waals surface area contributed by atoms with Crippen LogP contribution >= 0.6 is 0 Å². The molecule has 0 atom stereocenters. The number of aromatic nitrogens is 5. The second-order valence-corrected chi connectivity index (χ2v) is 7.84. The molecule has 0 aliphatic carbocycles. The lowest BCUT2D eigenvalue weighted by Gasteiger charge is -2.23. The Morgan fingerprint density at radius 1 is 1.19 bits per heavy atom. The minimum absolute atomic E-state index is 0.0838. The fraction of sp³-hybridized carbons (Fsp3) is 0.304. The summed E-state index contributed by atoms with van der Waals surface area (Å²) >= 11 is 0. The highest BCUT2D eigenvalue weighted by molar-refractivity contribution is 5.96. The number of ether oxygens (including phenoxy) is 1. The van der Waals surface area contributed by atoms with Crippen molar-refractivity contribution in [2.24, 2.45) is 0 Å². The van der Waals surface area contributed by atoms with Crippen molar-refractivity contribution in [2.75, 3.05) is 20.3 Å². The Morgan fingerprint density at radius 2 is 2.06 bits per heavy atom. The third-order valence-electron chi connectivity index (χ3n) is 5.69. The molecule has 5 rings (SSSR count). The van der Waals surface area contributed by atoms with E-state index in [0.29, 0.717) is 18.2 Å². The van der Waals surface area contributed by atoms with Crippen molar-refractivity contribution in [1.82, 2.24) is 29.2 Å². The molecule has 158 valence electrons. The molecule has 1 amide bonds. The molecule has 0 spiro atoms. The predicted molar refractivity (Wildman–Crippen MR) is 116 cm³/mol. The van der Waals surface area contributed by atoms with E-state index >= 15 is 0 Å². The predicted octanol–water partition coefficient (Wildman–Crippen LogP) is 3.24.